The van der Waals surface area contributed by atoms with E-state index in [9.17, 15) is 0 Å². The fourth-order valence-corrected chi connectivity index (χ4v) is 2.95. The first kappa shape index (κ1) is 15.0. The summed E-state index contributed by atoms with van der Waals surface area (Å²) in [6, 6.07) is 1.41. The average Bonchev–Trinajstić information content (AvgIpc) is 2.54. The van der Waals surface area contributed by atoms with Crippen LogP contribution >= 0.6 is 0 Å². The summed E-state index contributed by atoms with van der Waals surface area (Å²) < 4.78 is 0. The molecule has 0 aromatic carbocycles. The van der Waals surface area contributed by atoms with E-state index in [4.69, 9.17) is 0 Å². The lowest BCUT2D eigenvalue weighted by Crippen LogP contribution is -2.55. The fraction of sp³-hybridized carbons (Fsp3) is 1.00. The van der Waals surface area contributed by atoms with Crippen molar-refractivity contribution in [2.45, 2.75) is 83.8 Å². The van der Waals surface area contributed by atoms with Gasteiger partial charge in [-0.1, -0.05) is 33.1 Å². The smallest absolute Gasteiger partial charge is 0.0251 e. The van der Waals surface area contributed by atoms with Crippen molar-refractivity contribution in [1.29, 1.82) is 0 Å². The molecule has 0 aromatic heterocycles. The fourth-order valence-electron chi connectivity index (χ4n) is 2.95. The van der Waals surface area contributed by atoms with Gasteiger partial charge in [0.2, 0.25) is 0 Å². The normalized spacial score (nSPS) is 27.2. The molecule has 0 radical (unpaired) electrons. The quantitative estimate of drug-likeness (QED) is 0.741. The first-order valence-corrected chi connectivity index (χ1v) is 7.49. The standard InChI is InChI=1S/C15H32N2/c1-6-15(3,4)17(5)14-12-10-8-9-11-13(14)16-7-2/h13-14,16H,6-12H2,1-5H3. The lowest BCUT2D eigenvalue weighted by molar-refractivity contribution is 0.0700. The van der Waals surface area contributed by atoms with Gasteiger partial charge in [-0.05, 0) is 46.7 Å². The van der Waals surface area contributed by atoms with Crippen LogP contribution in [0.5, 0.6) is 0 Å². The highest BCUT2D eigenvalue weighted by Gasteiger charge is 2.33. The molecule has 1 aliphatic rings. The molecule has 1 aliphatic carbocycles. The topological polar surface area (TPSA) is 15.3 Å². The lowest BCUT2D eigenvalue weighted by Gasteiger charge is -2.44. The minimum absolute atomic E-state index is 0.322. The molecule has 2 unspecified atom stereocenters. The number of nitrogens with one attached hydrogen (secondary N) is 1. The summed E-state index contributed by atoms with van der Waals surface area (Å²) in [6.45, 7) is 10.4. The zero-order chi connectivity index (χ0) is 12.9. The predicted molar refractivity (Wildman–Crippen MR) is 76.5 cm³/mol. The van der Waals surface area contributed by atoms with E-state index in [-0.39, 0.29) is 0 Å². The van der Waals surface area contributed by atoms with Gasteiger partial charge in [-0.2, -0.15) is 0 Å². The molecule has 0 saturated heterocycles. The maximum Gasteiger partial charge on any atom is 0.0251 e. The summed E-state index contributed by atoms with van der Waals surface area (Å²) in [5.41, 5.74) is 0.322. The van der Waals surface area contributed by atoms with Gasteiger partial charge in [0.1, 0.15) is 0 Å². The third-order valence-electron chi connectivity index (χ3n) is 4.76. The Morgan fingerprint density at radius 3 is 2.35 bits per heavy atom. The van der Waals surface area contributed by atoms with Crippen molar-refractivity contribution in [3.8, 4) is 0 Å². The first-order chi connectivity index (χ1) is 8.03. The van der Waals surface area contributed by atoms with Crippen molar-refractivity contribution in [2.24, 2.45) is 0 Å². The Hall–Kier alpha value is -0.0800. The highest BCUT2D eigenvalue weighted by atomic mass is 15.2. The van der Waals surface area contributed by atoms with Crippen LogP contribution in [0.4, 0.5) is 0 Å². The van der Waals surface area contributed by atoms with Gasteiger partial charge < -0.3 is 5.32 Å². The van der Waals surface area contributed by atoms with Crippen LogP contribution < -0.4 is 5.32 Å². The van der Waals surface area contributed by atoms with Gasteiger partial charge in [-0.15, -0.1) is 0 Å². The van der Waals surface area contributed by atoms with E-state index in [1.54, 1.807) is 0 Å². The van der Waals surface area contributed by atoms with Crippen molar-refractivity contribution in [3.05, 3.63) is 0 Å². The van der Waals surface area contributed by atoms with Crippen LogP contribution in [0, 0.1) is 0 Å². The zero-order valence-electron chi connectivity index (χ0n) is 12.6. The Morgan fingerprint density at radius 2 is 1.76 bits per heavy atom. The molecule has 0 aliphatic heterocycles. The summed E-state index contributed by atoms with van der Waals surface area (Å²) in [4.78, 5) is 2.63. The van der Waals surface area contributed by atoms with Crippen molar-refractivity contribution < 1.29 is 0 Å². The number of rotatable bonds is 5. The molecular weight excluding hydrogens is 208 g/mol. The van der Waals surface area contributed by atoms with E-state index in [0.29, 0.717) is 17.6 Å². The molecule has 0 bridgehead atoms. The molecule has 1 fully saturated rings. The van der Waals surface area contributed by atoms with E-state index in [1.807, 2.05) is 0 Å². The average molecular weight is 240 g/mol. The number of hydrogen-bond acceptors (Lipinski definition) is 2. The van der Waals surface area contributed by atoms with Gasteiger partial charge in [-0.3, -0.25) is 4.90 Å². The second-order valence-electron chi connectivity index (χ2n) is 6.15. The van der Waals surface area contributed by atoms with Crippen LogP contribution in [0.25, 0.3) is 0 Å². The molecule has 1 N–H and O–H groups in total. The second-order valence-corrected chi connectivity index (χ2v) is 6.15. The van der Waals surface area contributed by atoms with Gasteiger partial charge in [0.05, 0.1) is 0 Å². The molecular formula is C15H32N2. The van der Waals surface area contributed by atoms with Crippen molar-refractivity contribution in [2.75, 3.05) is 13.6 Å². The number of hydrogen-bond donors (Lipinski definition) is 1. The molecule has 1 rings (SSSR count). The summed E-state index contributed by atoms with van der Waals surface area (Å²) >= 11 is 0. The molecule has 1 saturated carbocycles. The van der Waals surface area contributed by atoms with Gasteiger partial charge in [-0.25, -0.2) is 0 Å². The molecule has 0 aromatic rings. The molecule has 2 atom stereocenters. The van der Waals surface area contributed by atoms with E-state index in [0.717, 1.165) is 6.54 Å². The Morgan fingerprint density at radius 1 is 1.12 bits per heavy atom. The number of nitrogens with zero attached hydrogens (tertiary/aromatic N) is 1. The van der Waals surface area contributed by atoms with Crippen molar-refractivity contribution in [1.82, 2.24) is 10.2 Å². The van der Waals surface area contributed by atoms with Crippen LogP contribution in [0.3, 0.4) is 0 Å². The van der Waals surface area contributed by atoms with Crippen LogP contribution in [0.1, 0.15) is 66.2 Å². The summed E-state index contributed by atoms with van der Waals surface area (Å²) in [6.07, 6.45) is 8.14. The van der Waals surface area contributed by atoms with Crippen LogP contribution in [0.2, 0.25) is 0 Å². The Labute approximate surface area is 108 Å². The molecule has 2 heteroatoms. The highest BCUT2D eigenvalue weighted by molar-refractivity contribution is 4.91. The van der Waals surface area contributed by atoms with Gasteiger partial charge in [0.25, 0.3) is 0 Å². The summed E-state index contributed by atoms with van der Waals surface area (Å²) in [5, 5.41) is 3.71. The molecule has 0 heterocycles. The van der Waals surface area contributed by atoms with Gasteiger partial charge in [0, 0.05) is 17.6 Å². The highest BCUT2D eigenvalue weighted by Crippen LogP contribution is 2.28. The minimum Gasteiger partial charge on any atom is -0.313 e. The van der Waals surface area contributed by atoms with Crippen molar-refractivity contribution in [3.63, 3.8) is 0 Å². The zero-order valence-corrected chi connectivity index (χ0v) is 12.6. The maximum atomic E-state index is 3.71. The molecule has 2 nitrogen and oxygen atoms in total. The van der Waals surface area contributed by atoms with Gasteiger partial charge in [0.15, 0.2) is 0 Å². The molecule has 0 amide bonds. The number of likely N-dealkylation sites (N-methyl/N-ethyl adjacent to an activating group) is 2. The largest absolute Gasteiger partial charge is 0.313 e. The van der Waals surface area contributed by atoms with E-state index >= 15 is 0 Å². The molecule has 102 valence electrons. The molecule has 17 heavy (non-hydrogen) atoms. The van der Waals surface area contributed by atoms with E-state index < -0.39 is 0 Å². The third-order valence-corrected chi connectivity index (χ3v) is 4.76. The second kappa shape index (κ2) is 6.75. The monoisotopic (exact) mass is 240 g/mol. The predicted octanol–water partition coefficient (Wildman–Crippen LogP) is 3.42. The Kier molecular flexibility index (Phi) is 5.94. The van der Waals surface area contributed by atoms with E-state index in [1.165, 1.54) is 38.5 Å². The molecule has 0 spiro atoms. The SMILES string of the molecule is CCNC1CCCCCC1N(C)C(C)(C)CC. The summed E-state index contributed by atoms with van der Waals surface area (Å²) in [7, 11) is 2.32. The van der Waals surface area contributed by atoms with Crippen LogP contribution in [0.15, 0.2) is 0 Å². The van der Waals surface area contributed by atoms with Crippen molar-refractivity contribution >= 4 is 0 Å². The first-order valence-electron chi connectivity index (χ1n) is 7.49. The van der Waals surface area contributed by atoms with Crippen LogP contribution in [-0.2, 0) is 0 Å². The van der Waals surface area contributed by atoms with E-state index in [2.05, 4.69) is 45.0 Å². The lowest BCUT2D eigenvalue weighted by atomic mass is 9.93. The van der Waals surface area contributed by atoms with Crippen LogP contribution in [-0.4, -0.2) is 36.1 Å². The summed E-state index contributed by atoms with van der Waals surface area (Å²) in [5.74, 6) is 0. The Bertz CT molecular complexity index is 213. The third kappa shape index (κ3) is 3.96. The minimum atomic E-state index is 0.322. The van der Waals surface area contributed by atoms with Gasteiger partial charge >= 0.3 is 0 Å². The maximum absolute atomic E-state index is 3.71. The Balaban J connectivity index is 2.74.